The van der Waals surface area contributed by atoms with Gasteiger partial charge in [0.15, 0.2) is 11.5 Å². The fourth-order valence-corrected chi connectivity index (χ4v) is 4.45. The number of carbonyl (C=O) groups excluding carboxylic acids is 1. The van der Waals surface area contributed by atoms with Crippen LogP contribution in [0, 0.1) is 0 Å². The van der Waals surface area contributed by atoms with Crippen molar-refractivity contribution in [3.8, 4) is 5.75 Å². The summed E-state index contributed by atoms with van der Waals surface area (Å²) in [4.78, 5) is 22.2. The third kappa shape index (κ3) is 4.79. The van der Waals surface area contributed by atoms with Crippen molar-refractivity contribution >= 4 is 91.0 Å². The Morgan fingerprint density at radius 1 is 0.968 bits per heavy atom. The molecule has 0 radical (unpaired) electrons. The predicted octanol–water partition coefficient (Wildman–Crippen LogP) is 7.38. The lowest BCUT2D eigenvalue weighted by molar-refractivity contribution is -0.110. The normalized spacial score (nSPS) is 11.7. The number of para-hydroxylation sites is 1. The molecular formula is C21H11Cl4N3O2S. The SMILES string of the molecule is O=C(Nc1cc(Cl)ccc1Cl)C(=Nc1cc(Cl)c(O)c(Cl)c1)c1nc2ccccc2s1. The molecule has 0 saturated carbocycles. The molecule has 0 atom stereocenters. The summed E-state index contributed by atoms with van der Waals surface area (Å²) in [6, 6.07) is 15.0. The molecule has 2 N–H and O–H groups in total. The number of fused-ring (bicyclic) bond motifs is 1. The largest absolute Gasteiger partial charge is 0.505 e. The van der Waals surface area contributed by atoms with E-state index >= 15 is 0 Å². The van der Waals surface area contributed by atoms with E-state index < -0.39 is 5.91 Å². The molecule has 0 saturated heterocycles. The summed E-state index contributed by atoms with van der Waals surface area (Å²) in [5, 5.41) is 13.7. The molecule has 4 rings (SSSR count). The third-order valence-corrected chi connectivity index (χ3v) is 6.31. The number of phenolic OH excluding ortho intramolecular Hbond substituents is 1. The topological polar surface area (TPSA) is 74.6 Å². The number of aromatic hydroxyl groups is 1. The zero-order valence-electron chi connectivity index (χ0n) is 15.4. The van der Waals surface area contributed by atoms with E-state index in [0.717, 1.165) is 10.2 Å². The van der Waals surface area contributed by atoms with Gasteiger partial charge in [0.25, 0.3) is 5.91 Å². The number of hydrogen-bond acceptors (Lipinski definition) is 5. The van der Waals surface area contributed by atoms with Gasteiger partial charge in [0.05, 0.1) is 36.7 Å². The second kappa shape index (κ2) is 9.02. The minimum atomic E-state index is -0.552. The van der Waals surface area contributed by atoms with E-state index in [1.807, 2.05) is 24.3 Å². The Hall–Kier alpha value is -2.35. The Morgan fingerprint density at radius 3 is 2.39 bits per heavy atom. The van der Waals surface area contributed by atoms with Crippen LogP contribution in [0.2, 0.25) is 20.1 Å². The summed E-state index contributed by atoms with van der Waals surface area (Å²) in [6.07, 6.45) is 0. The zero-order valence-corrected chi connectivity index (χ0v) is 19.2. The number of amides is 1. The molecule has 0 spiro atoms. The maximum absolute atomic E-state index is 13.2. The van der Waals surface area contributed by atoms with Gasteiger partial charge in [0, 0.05) is 5.02 Å². The molecule has 31 heavy (non-hydrogen) atoms. The number of phenols is 1. The number of anilines is 1. The minimum Gasteiger partial charge on any atom is -0.505 e. The van der Waals surface area contributed by atoms with Gasteiger partial charge in [-0.1, -0.05) is 58.5 Å². The number of nitrogens with zero attached hydrogens (tertiary/aromatic N) is 2. The number of aromatic nitrogens is 1. The van der Waals surface area contributed by atoms with Gasteiger partial charge in [0.2, 0.25) is 0 Å². The van der Waals surface area contributed by atoms with Crippen molar-refractivity contribution < 1.29 is 9.90 Å². The van der Waals surface area contributed by atoms with Crippen LogP contribution in [-0.2, 0) is 4.79 Å². The Morgan fingerprint density at radius 2 is 1.68 bits per heavy atom. The highest BCUT2D eigenvalue weighted by Crippen LogP contribution is 2.36. The first-order chi connectivity index (χ1) is 14.8. The molecule has 4 aromatic rings. The lowest BCUT2D eigenvalue weighted by Gasteiger charge is -2.09. The molecule has 1 aromatic heterocycles. The van der Waals surface area contributed by atoms with E-state index in [4.69, 9.17) is 46.4 Å². The van der Waals surface area contributed by atoms with Crippen molar-refractivity contribution in [2.45, 2.75) is 0 Å². The maximum atomic E-state index is 13.2. The number of carbonyl (C=O) groups is 1. The quantitative estimate of drug-likeness (QED) is 0.281. The standard InChI is InChI=1S/C21H11Cl4N3O2S/c22-10-5-6-12(23)16(7-10)27-20(30)18(21-28-15-3-1-2-4-17(15)31-21)26-11-8-13(24)19(29)14(25)9-11/h1-9,29H,(H,27,30). The molecule has 0 fully saturated rings. The monoisotopic (exact) mass is 509 g/mol. The highest BCUT2D eigenvalue weighted by molar-refractivity contribution is 7.21. The lowest BCUT2D eigenvalue weighted by Crippen LogP contribution is -2.24. The molecule has 5 nitrogen and oxygen atoms in total. The van der Waals surface area contributed by atoms with Crippen LogP contribution in [-0.4, -0.2) is 21.7 Å². The third-order valence-electron chi connectivity index (χ3n) is 4.13. The van der Waals surface area contributed by atoms with Crippen LogP contribution in [0.25, 0.3) is 10.2 Å². The first-order valence-electron chi connectivity index (χ1n) is 8.71. The van der Waals surface area contributed by atoms with Crippen molar-refractivity contribution in [2.24, 2.45) is 4.99 Å². The van der Waals surface area contributed by atoms with E-state index in [9.17, 15) is 9.90 Å². The van der Waals surface area contributed by atoms with Crippen molar-refractivity contribution in [1.29, 1.82) is 0 Å². The molecule has 0 aliphatic carbocycles. The highest BCUT2D eigenvalue weighted by atomic mass is 35.5. The number of rotatable bonds is 4. The Labute approximate surface area is 200 Å². The van der Waals surface area contributed by atoms with Gasteiger partial charge in [-0.2, -0.15) is 0 Å². The Balaban J connectivity index is 1.82. The van der Waals surface area contributed by atoms with E-state index in [0.29, 0.717) is 20.7 Å². The molecule has 1 heterocycles. The number of thiazole rings is 1. The van der Waals surface area contributed by atoms with Gasteiger partial charge in [-0.05, 0) is 42.5 Å². The summed E-state index contributed by atoms with van der Waals surface area (Å²) in [5.41, 5.74) is 1.35. The zero-order chi connectivity index (χ0) is 22.1. The average molecular weight is 511 g/mol. The molecule has 0 aliphatic heterocycles. The Bertz CT molecular complexity index is 1300. The predicted molar refractivity (Wildman–Crippen MR) is 129 cm³/mol. The molecule has 10 heteroatoms. The van der Waals surface area contributed by atoms with Gasteiger partial charge < -0.3 is 10.4 Å². The molecule has 3 aromatic carbocycles. The van der Waals surface area contributed by atoms with Crippen molar-refractivity contribution in [1.82, 2.24) is 4.98 Å². The maximum Gasteiger partial charge on any atom is 0.277 e. The first-order valence-corrected chi connectivity index (χ1v) is 11.0. The van der Waals surface area contributed by atoms with Crippen LogP contribution in [0.4, 0.5) is 11.4 Å². The lowest BCUT2D eigenvalue weighted by atomic mass is 10.2. The second-order valence-corrected chi connectivity index (χ2v) is 8.97. The smallest absolute Gasteiger partial charge is 0.277 e. The highest BCUT2D eigenvalue weighted by Gasteiger charge is 2.21. The van der Waals surface area contributed by atoms with Crippen LogP contribution in [0.1, 0.15) is 5.01 Å². The van der Waals surface area contributed by atoms with Gasteiger partial charge >= 0.3 is 0 Å². The van der Waals surface area contributed by atoms with Gasteiger partial charge in [-0.3, -0.25) is 4.79 Å². The Kier molecular flexibility index (Phi) is 6.36. The molecular weight excluding hydrogens is 500 g/mol. The number of halogens is 4. The van der Waals surface area contributed by atoms with Crippen LogP contribution in [0.15, 0.2) is 59.6 Å². The number of nitrogens with one attached hydrogen (secondary N) is 1. The van der Waals surface area contributed by atoms with Crippen LogP contribution in [0.5, 0.6) is 5.75 Å². The fraction of sp³-hybridized carbons (Fsp3) is 0. The molecule has 1 amide bonds. The summed E-state index contributed by atoms with van der Waals surface area (Å²) < 4.78 is 0.889. The average Bonchev–Trinajstić information content (AvgIpc) is 3.16. The number of benzene rings is 3. The van der Waals surface area contributed by atoms with Gasteiger partial charge in [-0.25, -0.2) is 9.98 Å². The van der Waals surface area contributed by atoms with Crippen molar-refractivity contribution in [3.63, 3.8) is 0 Å². The second-order valence-electron chi connectivity index (χ2n) is 6.28. The first kappa shape index (κ1) is 21.9. The van der Waals surface area contributed by atoms with Gasteiger partial charge in [0.1, 0.15) is 5.01 Å². The number of hydrogen-bond donors (Lipinski definition) is 2. The van der Waals surface area contributed by atoms with E-state index in [2.05, 4.69) is 15.3 Å². The van der Waals surface area contributed by atoms with Crippen LogP contribution in [0.3, 0.4) is 0 Å². The molecule has 0 aliphatic rings. The van der Waals surface area contributed by atoms with Crippen LogP contribution < -0.4 is 5.32 Å². The van der Waals surface area contributed by atoms with Crippen molar-refractivity contribution in [3.05, 3.63) is 79.7 Å². The van der Waals surface area contributed by atoms with Gasteiger partial charge in [-0.15, -0.1) is 11.3 Å². The summed E-state index contributed by atoms with van der Waals surface area (Å²) in [7, 11) is 0. The van der Waals surface area contributed by atoms with Crippen LogP contribution >= 0.6 is 57.7 Å². The number of aliphatic imine (C=N–C) groups is 1. The van der Waals surface area contributed by atoms with Crippen molar-refractivity contribution in [2.75, 3.05) is 5.32 Å². The van der Waals surface area contributed by atoms with E-state index in [1.165, 1.54) is 29.5 Å². The van der Waals surface area contributed by atoms with E-state index in [1.54, 1.807) is 12.1 Å². The van der Waals surface area contributed by atoms with E-state index in [-0.39, 0.29) is 27.2 Å². The summed E-state index contributed by atoms with van der Waals surface area (Å²) >= 11 is 25.5. The fourth-order valence-electron chi connectivity index (χ4n) is 2.69. The molecule has 0 unspecified atom stereocenters. The summed E-state index contributed by atoms with van der Waals surface area (Å²) in [5.74, 6) is -0.817. The minimum absolute atomic E-state index is 0.00759. The molecule has 156 valence electrons. The molecule has 0 bridgehead atoms. The summed E-state index contributed by atoms with van der Waals surface area (Å²) in [6.45, 7) is 0.